The molecule has 5 aromatic carbocycles. The van der Waals surface area contributed by atoms with E-state index in [1.807, 2.05) is 132 Å². The van der Waals surface area contributed by atoms with Crippen molar-refractivity contribution in [3.63, 3.8) is 0 Å². The van der Waals surface area contributed by atoms with Gasteiger partial charge in [0.05, 0.1) is 27.5 Å². The van der Waals surface area contributed by atoms with Crippen LogP contribution in [0.3, 0.4) is 0 Å². The second-order valence-electron chi connectivity index (χ2n) is 10.6. The molecule has 0 saturated heterocycles. The molecule has 4 aromatic heterocycles. The van der Waals surface area contributed by atoms with Crippen LogP contribution < -0.4 is 5.56 Å². The van der Waals surface area contributed by atoms with Gasteiger partial charge in [0, 0.05) is 22.1 Å². The Bertz CT molecular complexity index is 2570. The largest absolute Gasteiger partial charge is 0.268 e. The second-order valence-corrected chi connectivity index (χ2v) is 10.6. The molecule has 0 saturated carbocycles. The summed E-state index contributed by atoms with van der Waals surface area (Å²) in [5.74, 6) is 2.10. The van der Waals surface area contributed by atoms with Gasteiger partial charge in [-0.05, 0) is 42.5 Å². The van der Waals surface area contributed by atoms with Crippen molar-refractivity contribution in [2.75, 3.05) is 0 Å². The van der Waals surface area contributed by atoms with Gasteiger partial charge >= 0.3 is 0 Å². The predicted octanol–water partition coefficient (Wildman–Crippen LogP) is 6.99. The van der Waals surface area contributed by atoms with Crippen molar-refractivity contribution in [1.29, 1.82) is 0 Å². The molecule has 0 amide bonds. The molecule has 0 aliphatic carbocycles. The molecule has 4 heterocycles. The van der Waals surface area contributed by atoms with Gasteiger partial charge in [-0.2, -0.15) is 0 Å². The fraction of sp³-hybridized carbons (Fsp3) is 0. The van der Waals surface area contributed by atoms with Gasteiger partial charge < -0.3 is 0 Å². The SMILES string of the molecule is O=c1c2cc(-c3nc(-c4ccccc4)nc(-c4ccccc4)n3)ccc2nc2n1c1ccccc1c1nc3ccccc3n12. The lowest BCUT2D eigenvalue weighted by Crippen LogP contribution is -2.18. The number of benzene rings is 5. The van der Waals surface area contributed by atoms with Crippen molar-refractivity contribution >= 4 is 44.3 Å². The van der Waals surface area contributed by atoms with Crippen LogP contribution in [0, 0.1) is 0 Å². The Morgan fingerprint density at radius 3 is 1.73 bits per heavy atom. The summed E-state index contributed by atoms with van der Waals surface area (Å²) in [5, 5.41) is 1.34. The molecular weight excluding hydrogens is 546 g/mol. The molecular formula is C36H21N7O. The number of hydrogen-bond acceptors (Lipinski definition) is 6. The van der Waals surface area contributed by atoms with Crippen LogP contribution in [0.15, 0.2) is 132 Å². The molecule has 0 fully saturated rings. The fourth-order valence-corrected chi connectivity index (χ4v) is 5.88. The van der Waals surface area contributed by atoms with Gasteiger partial charge in [-0.15, -0.1) is 0 Å². The highest BCUT2D eigenvalue weighted by Crippen LogP contribution is 2.29. The summed E-state index contributed by atoms with van der Waals surface area (Å²) in [6.07, 6.45) is 0. The Hall–Kier alpha value is -6.28. The van der Waals surface area contributed by atoms with Crippen LogP contribution in [0.1, 0.15) is 0 Å². The predicted molar refractivity (Wildman–Crippen MR) is 172 cm³/mol. The van der Waals surface area contributed by atoms with Crippen molar-refractivity contribution in [2.24, 2.45) is 0 Å². The average molecular weight is 568 g/mol. The maximum Gasteiger partial charge on any atom is 0.267 e. The highest BCUT2D eigenvalue weighted by molar-refractivity contribution is 5.99. The summed E-state index contributed by atoms with van der Waals surface area (Å²) in [5.41, 5.74) is 6.10. The first-order valence-corrected chi connectivity index (χ1v) is 14.2. The lowest BCUT2D eigenvalue weighted by atomic mass is 10.1. The summed E-state index contributed by atoms with van der Waals surface area (Å²) in [6, 6.07) is 41.0. The number of para-hydroxylation sites is 3. The topological polar surface area (TPSA) is 90.3 Å². The molecule has 8 nitrogen and oxygen atoms in total. The molecule has 0 aliphatic rings. The third-order valence-corrected chi connectivity index (χ3v) is 7.95. The van der Waals surface area contributed by atoms with E-state index in [2.05, 4.69) is 0 Å². The molecule has 8 heteroatoms. The van der Waals surface area contributed by atoms with E-state index in [4.69, 9.17) is 24.9 Å². The first-order chi connectivity index (χ1) is 21.7. The van der Waals surface area contributed by atoms with Gasteiger partial charge in [-0.25, -0.2) is 29.3 Å². The molecule has 0 atom stereocenters. The van der Waals surface area contributed by atoms with Crippen LogP contribution in [-0.4, -0.2) is 33.7 Å². The number of imidazole rings is 1. The van der Waals surface area contributed by atoms with Gasteiger partial charge in [0.15, 0.2) is 17.5 Å². The standard InChI is InChI=1S/C36H21N7O/c44-35-26-21-24(33-40-31(22-11-3-1-4-12-22)39-32(41-33)23-13-5-2-6-14-23)19-20-27(26)38-36-42-30-18-10-8-16-28(30)37-34(42)25-15-7-9-17-29(25)43(35)36/h1-21H. The lowest BCUT2D eigenvalue weighted by Gasteiger charge is -2.12. The Labute approximate surface area is 249 Å². The first kappa shape index (κ1) is 24.3. The minimum atomic E-state index is -0.177. The van der Waals surface area contributed by atoms with Crippen molar-refractivity contribution in [1.82, 2.24) is 33.7 Å². The summed E-state index contributed by atoms with van der Waals surface area (Å²) < 4.78 is 3.65. The van der Waals surface area contributed by atoms with Gasteiger partial charge in [-0.1, -0.05) is 84.9 Å². The van der Waals surface area contributed by atoms with E-state index in [1.165, 1.54) is 0 Å². The molecule has 0 unspecified atom stereocenters. The molecule has 206 valence electrons. The van der Waals surface area contributed by atoms with Crippen molar-refractivity contribution < 1.29 is 0 Å². The maximum atomic E-state index is 14.4. The number of hydrogen-bond donors (Lipinski definition) is 0. The number of aromatic nitrogens is 7. The van der Waals surface area contributed by atoms with Gasteiger partial charge in [0.1, 0.15) is 5.65 Å². The van der Waals surface area contributed by atoms with Crippen molar-refractivity contribution in [3.8, 4) is 34.2 Å². The summed E-state index contributed by atoms with van der Waals surface area (Å²) in [7, 11) is 0. The van der Waals surface area contributed by atoms with Crippen LogP contribution in [0.5, 0.6) is 0 Å². The zero-order valence-corrected chi connectivity index (χ0v) is 23.2. The first-order valence-electron chi connectivity index (χ1n) is 14.2. The van der Waals surface area contributed by atoms with E-state index in [-0.39, 0.29) is 5.56 Å². The maximum absolute atomic E-state index is 14.4. The Kier molecular flexibility index (Phi) is 5.18. The van der Waals surface area contributed by atoms with Gasteiger partial charge in [0.2, 0.25) is 5.78 Å². The van der Waals surface area contributed by atoms with E-state index in [1.54, 1.807) is 4.40 Å². The van der Waals surface area contributed by atoms with Crippen molar-refractivity contribution in [3.05, 3.63) is 138 Å². The smallest absolute Gasteiger partial charge is 0.267 e. The minimum Gasteiger partial charge on any atom is -0.268 e. The van der Waals surface area contributed by atoms with Gasteiger partial charge in [0.25, 0.3) is 5.56 Å². The van der Waals surface area contributed by atoms with E-state index in [9.17, 15) is 4.79 Å². The fourth-order valence-electron chi connectivity index (χ4n) is 5.88. The Morgan fingerprint density at radius 2 is 1.02 bits per heavy atom. The quantitative estimate of drug-likeness (QED) is 0.169. The normalized spacial score (nSPS) is 11.7. The van der Waals surface area contributed by atoms with Crippen LogP contribution >= 0.6 is 0 Å². The van der Waals surface area contributed by atoms with Crippen LogP contribution in [0.2, 0.25) is 0 Å². The molecule has 44 heavy (non-hydrogen) atoms. The Morgan fingerprint density at radius 1 is 0.432 bits per heavy atom. The third-order valence-electron chi connectivity index (χ3n) is 7.95. The number of rotatable bonds is 3. The van der Waals surface area contributed by atoms with Crippen LogP contribution in [0.25, 0.3) is 78.4 Å². The Balaban J connectivity index is 1.33. The number of fused-ring (bicyclic) bond motifs is 9. The zero-order valence-electron chi connectivity index (χ0n) is 23.2. The second kappa shape index (κ2) is 9.37. The zero-order chi connectivity index (χ0) is 29.2. The molecule has 0 N–H and O–H groups in total. The van der Waals surface area contributed by atoms with Gasteiger partial charge in [-0.3, -0.25) is 9.20 Å². The molecule has 9 aromatic rings. The summed E-state index contributed by atoms with van der Waals surface area (Å²) in [4.78, 5) is 38.8. The number of nitrogens with zero attached hydrogens (tertiary/aromatic N) is 7. The molecule has 0 spiro atoms. The van der Waals surface area contributed by atoms with Crippen LogP contribution in [-0.2, 0) is 0 Å². The van der Waals surface area contributed by atoms with Crippen molar-refractivity contribution in [2.45, 2.75) is 0 Å². The molecule has 0 radical (unpaired) electrons. The summed E-state index contributed by atoms with van der Waals surface area (Å²) in [6.45, 7) is 0. The van der Waals surface area contributed by atoms with E-state index < -0.39 is 0 Å². The molecule has 0 bridgehead atoms. The molecule has 0 aliphatic heterocycles. The van der Waals surface area contributed by atoms with E-state index in [0.29, 0.717) is 39.7 Å². The lowest BCUT2D eigenvalue weighted by molar-refractivity contribution is 1.05. The van der Waals surface area contributed by atoms with E-state index >= 15 is 0 Å². The monoisotopic (exact) mass is 567 g/mol. The van der Waals surface area contributed by atoms with Crippen LogP contribution in [0.4, 0.5) is 0 Å². The minimum absolute atomic E-state index is 0.177. The highest BCUT2D eigenvalue weighted by atomic mass is 16.1. The van der Waals surface area contributed by atoms with E-state index in [0.717, 1.165) is 38.7 Å². The third kappa shape index (κ3) is 3.64. The summed E-state index contributed by atoms with van der Waals surface area (Å²) >= 11 is 0. The highest BCUT2D eigenvalue weighted by Gasteiger charge is 2.19. The average Bonchev–Trinajstić information content (AvgIpc) is 3.49. The molecule has 9 rings (SSSR count).